The lowest BCUT2D eigenvalue weighted by Crippen LogP contribution is -2.23. The van der Waals surface area contributed by atoms with Gasteiger partial charge in [-0.05, 0) is 50.5 Å². The van der Waals surface area contributed by atoms with E-state index in [9.17, 15) is 4.79 Å². The SMILES string of the molecule is C/C=C\C.C=C(C)CC.CC.O=C1OCCN1Cc1ccc(CNCc2ccccn2)cc1. The lowest BCUT2D eigenvalue weighted by molar-refractivity contribution is 0.157. The molecule has 0 spiro atoms. The summed E-state index contributed by atoms with van der Waals surface area (Å²) in [4.78, 5) is 17.4. The molecule has 1 aliphatic heterocycles. The van der Waals surface area contributed by atoms with Gasteiger partial charge in [-0.1, -0.05) is 68.8 Å². The summed E-state index contributed by atoms with van der Waals surface area (Å²) in [6.07, 6.45) is 6.69. The molecule has 1 amide bonds. The van der Waals surface area contributed by atoms with Crippen molar-refractivity contribution >= 4 is 6.09 Å². The Labute approximate surface area is 201 Å². The molecule has 182 valence electrons. The van der Waals surface area contributed by atoms with Crippen LogP contribution in [-0.4, -0.2) is 29.1 Å². The molecule has 33 heavy (non-hydrogen) atoms. The number of carbonyl (C=O) groups is 1. The van der Waals surface area contributed by atoms with Gasteiger partial charge >= 0.3 is 6.09 Å². The molecule has 0 saturated carbocycles. The molecule has 1 N–H and O–H groups in total. The van der Waals surface area contributed by atoms with Crippen LogP contribution >= 0.6 is 0 Å². The molecule has 1 fully saturated rings. The zero-order chi connectivity index (χ0) is 24.9. The van der Waals surface area contributed by atoms with Gasteiger partial charge in [-0.3, -0.25) is 4.98 Å². The Bertz CT molecular complexity index is 783. The van der Waals surface area contributed by atoms with Gasteiger partial charge in [0.1, 0.15) is 6.61 Å². The molecule has 1 aromatic heterocycles. The van der Waals surface area contributed by atoms with Crippen molar-refractivity contribution in [3.8, 4) is 0 Å². The zero-order valence-corrected chi connectivity index (χ0v) is 21.4. The van der Waals surface area contributed by atoms with Crippen LogP contribution in [0.3, 0.4) is 0 Å². The lowest BCUT2D eigenvalue weighted by Gasteiger charge is -2.13. The van der Waals surface area contributed by atoms with Gasteiger partial charge < -0.3 is 15.0 Å². The van der Waals surface area contributed by atoms with Crippen LogP contribution in [0, 0.1) is 0 Å². The van der Waals surface area contributed by atoms with E-state index < -0.39 is 0 Å². The number of carbonyl (C=O) groups excluding carboxylic acids is 1. The fourth-order valence-corrected chi connectivity index (χ4v) is 2.39. The molecule has 2 aromatic rings. The molecule has 2 heterocycles. The number of ether oxygens (including phenoxy) is 1. The van der Waals surface area contributed by atoms with E-state index >= 15 is 0 Å². The Kier molecular flexibility index (Phi) is 18.0. The average Bonchev–Trinajstić information content (AvgIpc) is 3.26. The van der Waals surface area contributed by atoms with E-state index in [4.69, 9.17) is 4.74 Å². The van der Waals surface area contributed by atoms with Crippen LogP contribution in [-0.2, 0) is 24.4 Å². The molecule has 0 unspecified atom stereocenters. The van der Waals surface area contributed by atoms with E-state index in [0.29, 0.717) is 19.7 Å². The molecule has 0 radical (unpaired) electrons. The molecular weight excluding hydrogens is 410 g/mol. The smallest absolute Gasteiger partial charge is 0.410 e. The zero-order valence-electron chi connectivity index (χ0n) is 21.4. The molecule has 0 aliphatic carbocycles. The predicted molar refractivity (Wildman–Crippen MR) is 140 cm³/mol. The summed E-state index contributed by atoms with van der Waals surface area (Å²) in [6, 6.07) is 14.2. The quantitative estimate of drug-likeness (QED) is 0.463. The molecule has 3 rings (SSSR count). The van der Waals surface area contributed by atoms with E-state index in [1.54, 1.807) is 11.1 Å². The van der Waals surface area contributed by atoms with Crippen LogP contribution in [0.2, 0.25) is 0 Å². The minimum Gasteiger partial charge on any atom is -0.448 e. The van der Waals surface area contributed by atoms with E-state index in [1.807, 2.05) is 65.0 Å². The van der Waals surface area contributed by atoms with E-state index in [1.165, 1.54) is 11.1 Å². The number of pyridine rings is 1. The lowest BCUT2D eigenvalue weighted by atomic mass is 10.1. The van der Waals surface area contributed by atoms with E-state index in [-0.39, 0.29) is 6.09 Å². The second-order valence-electron chi connectivity index (χ2n) is 7.25. The molecule has 0 atom stereocenters. The number of cyclic esters (lactones) is 1. The average molecular weight is 454 g/mol. The number of nitrogens with zero attached hydrogens (tertiary/aromatic N) is 2. The number of benzene rings is 1. The monoisotopic (exact) mass is 453 g/mol. The largest absolute Gasteiger partial charge is 0.448 e. The second kappa shape index (κ2) is 19.7. The maximum Gasteiger partial charge on any atom is 0.410 e. The van der Waals surface area contributed by atoms with Crippen LogP contribution in [0.4, 0.5) is 4.79 Å². The minimum atomic E-state index is -0.221. The molecule has 1 aliphatic rings. The van der Waals surface area contributed by atoms with Gasteiger partial charge in [0.25, 0.3) is 0 Å². The van der Waals surface area contributed by atoms with Crippen molar-refractivity contribution in [2.45, 2.75) is 67.6 Å². The number of allylic oxidation sites excluding steroid dienone is 3. The van der Waals surface area contributed by atoms with Gasteiger partial charge in [-0.15, -0.1) is 6.58 Å². The highest BCUT2D eigenvalue weighted by Crippen LogP contribution is 2.11. The number of nitrogens with one attached hydrogen (secondary N) is 1. The van der Waals surface area contributed by atoms with Crippen molar-refractivity contribution in [2.75, 3.05) is 13.2 Å². The topological polar surface area (TPSA) is 54.5 Å². The van der Waals surface area contributed by atoms with Crippen molar-refractivity contribution in [2.24, 2.45) is 0 Å². The summed E-state index contributed by atoms with van der Waals surface area (Å²) in [5.74, 6) is 0. The molecular formula is C28H43N3O2. The Morgan fingerprint density at radius 2 is 1.70 bits per heavy atom. The predicted octanol–water partition coefficient (Wildman–Crippen LogP) is 6.90. The summed E-state index contributed by atoms with van der Waals surface area (Å²) in [6.45, 7) is 19.1. The van der Waals surface area contributed by atoms with Crippen molar-refractivity contribution in [1.29, 1.82) is 0 Å². The van der Waals surface area contributed by atoms with Gasteiger partial charge in [0, 0.05) is 25.8 Å². The van der Waals surface area contributed by atoms with Gasteiger partial charge in [-0.25, -0.2) is 4.79 Å². The number of rotatable bonds is 7. The van der Waals surface area contributed by atoms with Gasteiger partial charge in [-0.2, -0.15) is 0 Å². The van der Waals surface area contributed by atoms with Crippen LogP contribution < -0.4 is 5.32 Å². The molecule has 1 saturated heterocycles. The van der Waals surface area contributed by atoms with Crippen LogP contribution in [0.25, 0.3) is 0 Å². The van der Waals surface area contributed by atoms with Crippen LogP contribution in [0.5, 0.6) is 0 Å². The third kappa shape index (κ3) is 14.7. The third-order valence-corrected chi connectivity index (χ3v) is 4.54. The van der Waals surface area contributed by atoms with Crippen molar-refractivity contribution < 1.29 is 9.53 Å². The first-order valence-corrected chi connectivity index (χ1v) is 11.8. The van der Waals surface area contributed by atoms with Gasteiger partial charge in [0.05, 0.1) is 12.2 Å². The highest BCUT2D eigenvalue weighted by Gasteiger charge is 2.21. The standard InChI is InChI=1S/C17H19N3O2.C5H10.C4H8.C2H6/c21-17-20(9-10-22-17)13-15-6-4-14(5-7-15)11-18-12-16-3-1-2-8-19-16;1-4-5(2)3;1-3-4-2;1-2/h1-8,18H,9-13H2;2,4H2,1,3H3;3-4H,1-2H3;1-2H3/b;;4-3-;. The molecule has 1 aromatic carbocycles. The molecule has 5 heteroatoms. The number of hydrogen-bond acceptors (Lipinski definition) is 4. The fraction of sp³-hybridized carbons (Fsp3) is 0.429. The van der Waals surface area contributed by atoms with Crippen molar-refractivity contribution in [3.63, 3.8) is 0 Å². The number of hydrogen-bond donors (Lipinski definition) is 1. The van der Waals surface area contributed by atoms with Crippen molar-refractivity contribution in [1.82, 2.24) is 15.2 Å². The summed E-state index contributed by atoms with van der Waals surface area (Å²) in [5.41, 5.74) is 4.62. The Morgan fingerprint density at radius 3 is 2.15 bits per heavy atom. The minimum absolute atomic E-state index is 0.221. The van der Waals surface area contributed by atoms with Crippen LogP contribution in [0.1, 0.15) is 64.8 Å². The highest BCUT2D eigenvalue weighted by molar-refractivity contribution is 5.69. The first kappa shape index (κ1) is 30.1. The summed E-state index contributed by atoms with van der Waals surface area (Å²) < 4.78 is 4.93. The summed E-state index contributed by atoms with van der Waals surface area (Å²) >= 11 is 0. The van der Waals surface area contributed by atoms with Crippen molar-refractivity contribution in [3.05, 3.63) is 89.8 Å². The summed E-state index contributed by atoms with van der Waals surface area (Å²) in [7, 11) is 0. The van der Waals surface area contributed by atoms with E-state index in [2.05, 4.69) is 48.1 Å². The summed E-state index contributed by atoms with van der Waals surface area (Å²) in [5, 5.41) is 3.37. The maximum absolute atomic E-state index is 11.4. The number of amides is 1. The Hall–Kier alpha value is -2.92. The normalized spacial score (nSPS) is 11.9. The highest BCUT2D eigenvalue weighted by atomic mass is 16.6. The first-order chi connectivity index (χ1) is 16.0. The van der Waals surface area contributed by atoms with Gasteiger partial charge in [0.15, 0.2) is 0 Å². The Morgan fingerprint density at radius 1 is 1.09 bits per heavy atom. The number of aromatic nitrogens is 1. The first-order valence-electron chi connectivity index (χ1n) is 11.8. The molecule has 0 bridgehead atoms. The van der Waals surface area contributed by atoms with E-state index in [0.717, 1.165) is 30.8 Å². The molecule has 5 nitrogen and oxygen atoms in total. The Balaban J connectivity index is 0.000000787. The van der Waals surface area contributed by atoms with Crippen LogP contribution in [0.15, 0.2) is 73.0 Å². The third-order valence-electron chi connectivity index (χ3n) is 4.54. The second-order valence-corrected chi connectivity index (χ2v) is 7.25. The maximum atomic E-state index is 11.4. The van der Waals surface area contributed by atoms with Gasteiger partial charge in [0.2, 0.25) is 0 Å². The fourth-order valence-electron chi connectivity index (χ4n) is 2.39.